The van der Waals surface area contributed by atoms with Gasteiger partial charge in [0.25, 0.3) is 0 Å². The molecule has 0 aliphatic carbocycles. The minimum Gasteiger partial charge on any atom is -0.462 e. The summed E-state index contributed by atoms with van der Waals surface area (Å²) < 4.78 is 68.3. The van der Waals surface area contributed by atoms with Crippen LogP contribution in [0.1, 0.15) is 369 Å². The summed E-state index contributed by atoms with van der Waals surface area (Å²) in [4.78, 5) is 72.6. The van der Waals surface area contributed by atoms with Crippen LogP contribution in [0.3, 0.4) is 0 Å². The summed E-state index contributed by atoms with van der Waals surface area (Å²) >= 11 is 0. The van der Waals surface area contributed by atoms with E-state index in [9.17, 15) is 43.2 Å². The summed E-state index contributed by atoms with van der Waals surface area (Å²) in [5, 5.41) is 10.6. The van der Waals surface area contributed by atoms with Gasteiger partial charge in [0.15, 0.2) is 12.2 Å². The lowest BCUT2D eigenvalue weighted by molar-refractivity contribution is -0.161. The number of aliphatic hydroxyl groups is 1. The van der Waals surface area contributed by atoms with Crippen LogP contribution in [0.5, 0.6) is 0 Å². The van der Waals surface area contributed by atoms with Crippen molar-refractivity contribution in [3.8, 4) is 0 Å². The molecule has 0 aromatic heterocycles. The van der Waals surface area contributed by atoms with Gasteiger partial charge >= 0.3 is 39.5 Å². The Kier molecular flexibility index (Phi) is 62.7. The Morgan fingerprint density at radius 2 is 0.505 bits per heavy atom. The number of unbranched alkanes of at least 4 members (excludes halogenated alkanes) is 41. The first-order chi connectivity index (χ1) is 43.9. The van der Waals surface area contributed by atoms with Gasteiger partial charge in [0.2, 0.25) is 0 Å². The van der Waals surface area contributed by atoms with Crippen LogP contribution in [-0.4, -0.2) is 96.7 Å². The molecule has 0 amide bonds. The largest absolute Gasteiger partial charge is 0.472 e. The van der Waals surface area contributed by atoms with Crippen LogP contribution in [0, 0.1) is 11.8 Å². The molecule has 2 unspecified atom stereocenters. The van der Waals surface area contributed by atoms with E-state index in [4.69, 9.17) is 37.0 Å². The molecule has 540 valence electrons. The highest BCUT2D eigenvalue weighted by atomic mass is 31.2. The molecule has 19 heteroatoms. The number of esters is 4. The van der Waals surface area contributed by atoms with Gasteiger partial charge in [-0.15, -0.1) is 0 Å². The number of phosphoric ester groups is 2. The summed E-state index contributed by atoms with van der Waals surface area (Å²) in [5.74, 6) is -0.699. The molecule has 0 radical (unpaired) electrons. The van der Waals surface area contributed by atoms with E-state index in [2.05, 4.69) is 41.5 Å². The zero-order chi connectivity index (χ0) is 67.2. The van der Waals surface area contributed by atoms with Gasteiger partial charge < -0.3 is 33.8 Å². The Morgan fingerprint density at radius 3 is 0.747 bits per heavy atom. The summed E-state index contributed by atoms with van der Waals surface area (Å²) in [5.41, 5.74) is 0. The smallest absolute Gasteiger partial charge is 0.462 e. The number of carbonyl (C=O) groups is 4. The van der Waals surface area contributed by atoms with E-state index in [-0.39, 0.29) is 25.7 Å². The topological polar surface area (TPSA) is 237 Å². The van der Waals surface area contributed by atoms with Crippen LogP contribution in [-0.2, 0) is 65.4 Å². The Balaban J connectivity index is 5.24. The molecule has 0 bridgehead atoms. The third kappa shape index (κ3) is 66.5. The lowest BCUT2D eigenvalue weighted by Gasteiger charge is -2.21. The van der Waals surface area contributed by atoms with Crippen LogP contribution in [0.4, 0.5) is 0 Å². The number of hydrogen-bond donors (Lipinski definition) is 3. The van der Waals surface area contributed by atoms with Crippen molar-refractivity contribution in [2.75, 3.05) is 39.6 Å². The van der Waals surface area contributed by atoms with Crippen molar-refractivity contribution in [3.05, 3.63) is 0 Å². The minimum absolute atomic E-state index is 0.104. The molecule has 91 heavy (non-hydrogen) atoms. The summed E-state index contributed by atoms with van der Waals surface area (Å²) in [6, 6.07) is 0. The van der Waals surface area contributed by atoms with Crippen molar-refractivity contribution >= 4 is 39.5 Å². The Bertz CT molecular complexity index is 1770. The lowest BCUT2D eigenvalue weighted by atomic mass is 10.0. The predicted molar refractivity (Wildman–Crippen MR) is 368 cm³/mol. The molecule has 3 N–H and O–H groups in total. The Hall–Kier alpha value is -1.94. The molecule has 0 fully saturated rings. The van der Waals surface area contributed by atoms with E-state index < -0.39 is 97.5 Å². The second kappa shape index (κ2) is 64.1. The number of aliphatic hydroxyl groups excluding tert-OH is 1. The molecule has 0 aromatic carbocycles. The first-order valence-corrected chi connectivity index (χ1v) is 40.5. The Labute approximate surface area is 556 Å². The number of ether oxygens (including phenoxy) is 4. The molecule has 0 heterocycles. The average molecular weight is 1340 g/mol. The molecule has 5 atom stereocenters. The second-order valence-corrected chi connectivity index (χ2v) is 29.8. The second-order valence-electron chi connectivity index (χ2n) is 26.9. The van der Waals surface area contributed by atoms with Gasteiger partial charge in [0, 0.05) is 25.7 Å². The number of rotatable bonds is 71. The van der Waals surface area contributed by atoms with Crippen LogP contribution in [0.2, 0.25) is 0 Å². The van der Waals surface area contributed by atoms with Crippen LogP contribution < -0.4 is 0 Å². The van der Waals surface area contributed by atoms with E-state index >= 15 is 0 Å². The number of carbonyl (C=O) groups excluding carboxylic acids is 4. The third-order valence-electron chi connectivity index (χ3n) is 16.7. The summed E-state index contributed by atoms with van der Waals surface area (Å²) in [7, 11) is -9.90. The molecule has 0 aliphatic heterocycles. The zero-order valence-electron chi connectivity index (χ0n) is 59.1. The van der Waals surface area contributed by atoms with Gasteiger partial charge in [0.1, 0.15) is 19.3 Å². The van der Waals surface area contributed by atoms with Crippen molar-refractivity contribution in [3.63, 3.8) is 0 Å². The molecular weight excluding hydrogens is 1200 g/mol. The Morgan fingerprint density at radius 1 is 0.297 bits per heavy atom. The van der Waals surface area contributed by atoms with Gasteiger partial charge in [0.05, 0.1) is 26.4 Å². The maximum Gasteiger partial charge on any atom is 0.472 e. The van der Waals surface area contributed by atoms with E-state index in [1.807, 2.05) is 0 Å². The highest BCUT2D eigenvalue weighted by Crippen LogP contribution is 2.45. The normalized spacial score (nSPS) is 14.1. The van der Waals surface area contributed by atoms with Crippen molar-refractivity contribution < 1.29 is 80.2 Å². The fourth-order valence-electron chi connectivity index (χ4n) is 10.9. The first-order valence-electron chi connectivity index (χ1n) is 37.5. The fraction of sp³-hybridized carbons (Fsp3) is 0.944. The highest BCUT2D eigenvalue weighted by Gasteiger charge is 2.30. The highest BCUT2D eigenvalue weighted by molar-refractivity contribution is 7.47. The molecular formula is C72H140O17P2. The van der Waals surface area contributed by atoms with Crippen LogP contribution in [0.25, 0.3) is 0 Å². The van der Waals surface area contributed by atoms with Gasteiger partial charge in [-0.05, 0) is 37.5 Å². The molecule has 0 aromatic rings. The summed E-state index contributed by atoms with van der Waals surface area (Å²) in [6.07, 6.45) is 50.0. The third-order valence-corrected chi connectivity index (χ3v) is 18.6. The van der Waals surface area contributed by atoms with E-state index in [1.165, 1.54) is 180 Å². The SMILES string of the molecule is CCCCCCCCCCCCCCCCCCCC(=O)O[C@H](COC(=O)CCCCCCCCCCCCCCC)COP(=O)(O)OC[C@@H](O)COP(=O)(O)OC[C@@H](COC(=O)CCCCCCCCCC(C)C)OC(=O)CCCCCCCCCCC(C)C. The van der Waals surface area contributed by atoms with Gasteiger partial charge in [-0.2, -0.15) is 0 Å². The first kappa shape index (κ1) is 89.1. The lowest BCUT2D eigenvalue weighted by Crippen LogP contribution is -2.30. The fourth-order valence-corrected chi connectivity index (χ4v) is 12.5. The maximum absolute atomic E-state index is 13.0. The zero-order valence-corrected chi connectivity index (χ0v) is 60.9. The van der Waals surface area contributed by atoms with Gasteiger partial charge in [-0.1, -0.05) is 318 Å². The van der Waals surface area contributed by atoms with Crippen molar-refractivity contribution in [1.29, 1.82) is 0 Å². The standard InChI is InChI=1S/C72H140O17P2/c1-7-9-11-13-15-17-19-21-22-23-24-26-28-30-37-44-50-56-71(76)88-67(60-82-69(74)54-48-42-36-29-27-25-20-18-16-14-12-10-8-2)62-86-90(78,79)84-58-66(73)59-85-91(80,81)87-63-68(61-83-70(75)55-49-43-39-33-35-41-47-53-65(5)6)89-72(77)57-51-45-38-32-31-34-40-46-52-64(3)4/h64-68,73H,7-63H2,1-6H3,(H,78,79)(H,80,81)/t66-,67-,68-/m1/s1. The summed E-state index contributed by atoms with van der Waals surface area (Å²) in [6.45, 7) is 9.47. The van der Waals surface area contributed by atoms with Crippen molar-refractivity contribution in [2.45, 2.75) is 387 Å². The van der Waals surface area contributed by atoms with Crippen LogP contribution >= 0.6 is 15.6 Å². The van der Waals surface area contributed by atoms with E-state index in [1.54, 1.807) is 0 Å². The average Bonchev–Trinajstić information content (AvgIpc) is 3.19. The number of phosphoric acid groups is 2. The van der Waals surface area contributed by atoms with Gasteiger partial charge in [-0.25, -0.2) is 9.13 Å². The molecule has 0 spiro atoms. The van der Waals surface area contributed by atoms with E-state index in [0.29, 0.717) is 31.6 Å². The molecule has 0 saturated heterocycles. The molecule has 17 nitrogen and oxygen atoms in total. The van der Waals surface area contributed by atoms with Gasteiger partial charge in [-0.3, -0.25) is 37.3 Å². The predicted octanol–water partition coefficient (Wildman–Crippen LogP) is 20.8. The molecule has 0 rings (SSSR count). The maximum atomic E-state index is 13.0. The monoisotopic (exact) mass is 1340 g/mol. The molecule has 0 aliphatic rings. The van der Waals surface area contributed by atoms with Crippen LogP contribution in [0.15, 0.2) is 0 Å². The molecule has 0 saturated carbocycles. The van der Waals surface area contributed by atoms with Crippen molar-refractivity contribution in [2.24, 2.45) is 11.8 Å². The quantitative estimate of drug-likeness (QED) is 0.0222. The van der Waals surface area contributed by atoms with E-state index in [0.717, 1.165) is 102 Å². The number of hydrogen-bond acceptors (Lipinski definition) is 15. The minimum atomic E-state index is -4.95. The van der Waals surface area contributed by atoms with Crippen molar-refractivity contribution in [1.82, 2.24) is 0 Å².